The van der Waals surface area contributed by atoms with E-state index in [9.17, 15) is 0 Å². The molecule has 0 atom stereocenters. The zero-order chi connectivity index (χ0) is 20.5. The molecular formula is C20H19Cl4NO3. The Morgan fingerprint density at radius 1 is 1.04 bits per heavy atom. The van der Waals surface area contributed by atoms with E-state index in [2.05, 4.69) is 5.16 Å². The smallest absolute Gasteiger partial charge is 0.156 e. The first kappa shape index (κ1) is 22.7. The van der Waals surface area contributed by atoms with Gasteiger partial charge in [-0.1, -0.05) is 75.8 Å². The number of halogens is 4. The molecular weight excluding hydrogens is 444 g/mol. The number of hydrogen-bond acceptors (Lipinski definition) is 4. The summed E-state index contributed by atoms with van der Waals surface area (Å²) in [6.45, 7) is 2.52. The van der Waals surface area contributed by atoms with E-state index in [1.165, 1.54) is 13.2 Å². The van der Waals surface area contributed by atoms with Crippen LogP contribution in [-0.2, 0) is 11.3 Å². The summed E-state index contributed by atoms with van der Waals surface area (Å²) in [6.07, 6.45) is 2.22. The lowest BCUT2D eigenvalue weighted by atomic mass is 10.1. The summed E-state index contributed by atoms with van der Waals surface area (Å²) in [5.74, 6) is 0.915. The monoisotopic (exact) mass is 461 g/mol. The van der Waals surface area contributed by atoms with E-state index in [-0.39, 0.29) is 11.1 Å². The Labute approximate surface area is 184 Å². The van der Waals surface area contributed by atoms with Crippen LogP contribution < -0.4 is 9.47 Å². The number of hydrogen-bond donors (Lipinski definition) is 0. The molecule has 0 radical (unpaired) electrons. The fourth-order valence-electron chi connectivity index (χ4n) is 2.33. The van der Waals surface area contributed by atoms with Crippen LogP contribution in [0.15, 0.2) is 52.1 Å². The van der Waals surface area contributed by atoms with Gasteiger partial charge in [0, 0.05) is 18.6 Å². The lowest BCUT2D eigenvalue weighted by Gasteiger charge is -2.12. The molecule has 0 aromatic heterocycles. The molecule has 0 fully saturated rings. The van der Waals surface area contributed by atoms with Crippen molar-refractivity contribution >= 4 is 52.1 Å². The third-order valence-electron chi connectivity index (χ3n) is 3.70. The summed E-state index contributed by atoms with van der Waals surface area (Å²) in [7, 11) is 1.52. The first-order valence-corrected chi connectivity index (χ1v) is 9.84. The number of rotatable bonds is 9. The van der Waals surface area contributed by atoms with Gasteiger partial charge in [0.1, 0.15) is 24.0 Å². The summed E-state index contributed by atoms with van der Waals surface area (Å²) in [5, 5.41) is 4.65. The van der Waals surface area contributed by atoms with Gasteiger partial charge in [-0.2, -0.15) is 0 Å². The average Bonchev–Trinajstić information content (AvgIpc) is 2.64. The van der Waals surface area contributed by atoms with Gasteiger partial charge >= 0.3 is 0 Å². The Morgan fingerprint density at radius 3 is 2.25 bits per heavy atom. The molecule has 0 amide bonds. The second-order valence-electron chi connectivity index (χ2n) is 5.68. The highest BCUT2D eigenvalue weighted by Crippen LogP contribution is 2.37. The van der Waals surface area contributed by atoms with Crippen molar-refractivity contribution in [3.63, 3.8) is 0 Å². The first-order chi connectivity index (χ1) is 13.4. The second kappa shape index (κ2) is 11.4. The zero-order valence-electron chi connectivity index (χ0n) is 15.3. The van der Waals surface area contributed by atoms with E-state index in [1.54, 1.807) is 12.1 Å². The van der Waals surface area contributed by atoms with E-state index in [0.29, 0.717) is 34.6 Å². The van der Waals surface area contributed by atoms with E-state index in [0.717, 1.165) is 16.8 Å². The van der Waals surface area contributed by atoms with Gasteiger partial charge in [-0.3, -0.25) is 0 Å². The zero-order valence-corrected chi connectivity index (χ0v) is 18.4. The van der Waals surface area contributed by atoms with E-state index < -0.39 is 0 Å². The van der Waals surface area contributed by atoms with Crippen molar-refractivity contribution in [3.05, 3.63) is 68.1 Å². The van der Waals surface area contributed by atoms with Crippen LogP contribution in [0.1, 0.15) is 18.1 Å². The third kappa shape index (κ3) is 7.10. The van der Waals surface area contributed by atoms with Crippen molar-refractivity contribution in [2.75, 3.05) is 20.3 Å². The lowest BCUT2D eigenvalue weighted by Crippen LogP contribution is -2.03. The van der Waals surface area contributed by atoms with Gasteiger partial charge in [-0.15, -0.1) is 0 Å². The van der Waals surface area contributed by atoms with E-state index >= 15 is 0 Å². The molecule has 28 heavy (non-hydrogen) atoms. The van der Waals surface area contributed by atoms with Crippen LogP contribution >= 0.6 is 46.4 Å². The number of ether oxygens (including phenoxy) is 2. The second-order valence-corrected chi connectivity index (χ2v) is 7.50. The van der Waals surface area contributed by atoms with Crippen LogP contribution in [0.2, 0.25) is 10.0 Å². The summed E-state index contributed by atoms with van der Waals surface area (Å²) in [4.78, 5) is 4.78. The van der Waals surface area contributed by atoms with Crippen LogP contribution in [0, 0.1) is 0 Å². The summed E-state index contributed by atoms with van der Waals surface area (Å²) >= 11 is 23.6. The molecule has 4 nitrogen and oxygen atoms in total. The van der Waals surface area contributed by atoms with Gasteiger partial charge in [-0.25, -0.2) is 0 Å². The molecule has 0 unspecified atom stereocenters. The molecule has 150 valence electrons. The molecule has 0 heterocycles. The van der Waals surface area contributed by atoms with Gasteiger partial charge in [-0.05, 0) is 24.1 Å². The van der Waals surface area contributed by atoms with Gasteiger partial charge in [0.2, 0.25) is 0 Å². The normalized spacial score (nSPS) is 11.1. The maximum atomic E-state index is 6.26. The van der Waals surface area contributed by atoms with Crippen molar-refractivity contribution < 1.29 is 14.3 Å². The van der Waals surface area contributed by atoms with Crippen LogP contribution in [0.4, 0.5) is 0 Å². The van der Waals surface area contributed by atoms with Crippen LogP contribution in [0.25, 0.3) is 0 Å². The Morgan fingerprint density at radius 2 is 1.68 bits per heavy atom. The first-order valence-electron chi connectivity index (χ1n) is 8.33. The molecule has 2 aromatic rings. The highest BCUT2D eigenvalue weighted by molar-refractivity contribution is 6.55. The summed E-state index contributed by atoms with van der Waals surface area (Å²) < 4.78 is 11.4. The largest absolute Gasteiger partial charge is 0.490 e. The molecule has 0 aliphatic heterocycles. The minimum absolute atomic E-state index is 0.131. The Bertz CT molecular complexity index is 824. The van der Waals surface area contributed by atoms with Crippen molar-refractivity contribution in [3.8, 4) is 11.5 Å². The molecule has 8 heteroatoms. The molecule has 0 saturated heterocycles. The third-order valence-corrected chi connectivity index (χ3v) is 4.57. The maximum absolute atomic E-state index is 6.26. The Balaban J connectivity index is 1.93. The molecule has 0 aliphatic carbocycles. The molecule has 0 saturated carbocycles. The molecule has 0 bridgehead atoms. The van der Waals surface area contributed by atoms with Gasteiger partial charge in [0.25, 0.3) is 0 Å². The number of benzene rings is 2. The fraction of sp³-hybridized carbons (Fsp3) is 0.250. The molecule has 2 aromatic carbocycles. The topological polar surface area (TPSA) is 40.0 Å². The van der Waals surface area contributed by atoms with Gasteiger partial charge in [0.05, 0.1) is 22.4 Å². The van der Waals surface area contributed by atoms with Gasteiger partial charge in [0.15, 0.2) is 5.75 Å². The quantitative estimate of drug-likeness (QED) is 0.308. The SMILES string of the molecule is CON=C(C)c1ccc(CCOc2c(Cl)cc(OCC=C(Cl)Cl)cc2Cl)cc1. The van der Waals surface area contributed by atoms with Crippen molar-refractivity contribution in [1.29, 1.82) is 0 Å². The molecule has 0 N–H and O–H groups in total. The standard InChI is InChI=1S/C20H19Cl4NO3/c1-13(25-26-2)15-5-3-14(4-6-15)7-9-28-20-17(21)11-16(12-18(20)22)27-10-8-19(23)24/h3-6,8,11-12H,7,9-10H2,1-2H3. The maximum Gasteiger partial charge on any atom is 0.156 e. The van der Waals surface area contributed by atoms with Crippen LogP contribution in [0.3, 0.4) is 0 Å². The number of oxime groups is 1. The molecule has 2 rings (SSSR count). The average molecular weight is 463 g/mol. The summed E-state index contributed by atoms with van der Waals surface area (Å²) in [5.41, 5.74) is 2.93. The lowest BCUT2D eigenvalue weighted by molar-refractivity contribution is 0.213. The van der Waals surface area contributed by atoms with Gasteiger partial charge < -0.3 is 14.3 Å². The highest BCUT2D eigenvalue weighted by Gasteiger charge is 2.11. The highest BCUT2D eigenvalue weighted by atomic mass is 35.5. The van der Waals surface area contributed by atoms with Crippen molar-refractivity contribution in [2.45, 2.75) is 13.3 Å². The molecule has 0 aliphatic rings. The predicted molar refractivity (Wildman–Crippen MR) is 117 cm³/mol. The Hall–Kier alpha value is -1.59. The van der Waals surface area contributed by atoms with Crippen molar-refractivity contribution in [1.82, 2.24) is 0 Å². The minimum atomic E-state index is 0.131. The molecule has 0 spiro atoms. The minimum Gasteiger partial charge on any atom is -0.490 e. The predicted octanol–water partition coefficient (Wildman–Crippen LogP) is 6.68. The van der Waals surface area contributed by atoms with E-state index in [1.807, 2.05) is 31.2 Å². The van der Waals surface area contributed by atoms with Crippen molar-refractivity contribution in [2.24, 2.45) is 5.16 Å². The number of nitrogens with zero attached hydrogens (tertiary/aromatic N) is 1. The van der Waals surface area contributed by atoms with E-state index in [4.69, 9.17) is 60.7 Å². The Kier molecular flexibility index (Phi) is 9.26. The van der Waals surface area contributed by atoms with Crippen LogP contribution in [-0.4, -0.2) is 26.0 Å². The fourth-order valence-corrected chi connectivity index (χ4v) is 3.03. The summed E-state index contributed by atoms with van der Waals surface area (Å²) in [6, 6.07) is 11.3. The van der Waals surface area contributed by atoms with Crippen LogP contribution in [0.5, 0.6) is 11.5 Å².